The molecule has 7 heteroatoms. The van der Waals surface area contributed by atoms with E-state index in [9.17, 15) is 9.59 Å². The molecule has 1 aliphatic carbocycles. The molecule has 30 heavy (non-hydrogen) atoms. The summed E-state index contributed by atoms with van der Waals surface area (Å²) in [6.45, 7) is 2.14. The number of aromatic nitrogens is 2. The topological polar surface area (TPSA) is 101 Å². The van der Waals surface area contributed by atoms with E-state index in [1.807, 2.05) is 36.4 Å². The van der Waals surface area contributed by atoms with E-state index in [0.29, 0.717) is 28.1 Å². The second-order valence-corrected chi connectivity index (χ2v) is 8.04. The van der Waals surface area contributed by atoms with Gasteiger partial charge in [0.15, 0.2) is 5.69 Å². The van der Waals surface area contributed by atoms with E-state index in [0.717, 1.165) is 11.1 Å². The van der Waals surface area contributed by atoms with Gasteiger partial charge in [0, 0.05) is 36.8 Å². The zero-order valence-corrected chi connectivity index (χ0v) is 17.3. The Bertz CT molecular complexity index is 1140. The van der Waals surface area contributed by atoms with Crippen LogP contribution in [0.5, 0.6) is 0 Å². The Labute approximate surface area is 175 Å². The van der Waals surface area contributed by atoms with Crippen LogP contribution in [-0.4, -0.2) is 47.0 Å². The third-order valence-electron chi connectivity index (χ3n) is 5.56. The Balaban J connectivity index is 1.89. The summed E-state index contributed by atoms with van der Waals surface area (Å²) in [7, 11) is 3.45. The normalized spacial score (nSPS) is 14.4. The largest absolute Gasteiger partial charge is 0.382 e. The van der Waals surface area contributed by atoms with Crippen molar-refractivity contribution in [3.63, 3.8) is 0 Å². The van der Waals surface area contributed by atoms with Crippen molar-refractivity contribution in [3.05, 3.63) is 53.7 Å². The van der Waals surface area contributed by atoms with Gasteiger partial charge < -0.3 is 16.0 Å². The number of nitrogens with two attached hydrogens (primary N) is 1. The first kappa shape index (κ1) is 19.8. The first-order valence-electron chi connectivity index (χ1n) is 10.0. The maximum Gasteiger partial charge on any atom is 0.269 e. The predicted octanol–water partition coefficient (Wildman–Crippen LogP) is 3.31. The number of hydrogen-bond donors (Lipinski definition) is 2. The first-order chi connectivity index (χ1) is 14.4. The molecule has 0 saturated heterocycles. The number of rotatable bonds is 6. The second-order valence-electron chi connectivity index (χ2n) is 8.04. The second kappa shape index (κ2) is 7.74. The summed E-state index contributed by atoms with van der Waals surface area (Å²) in [4.78, 5) is 26.6. The average molecular weight is 403 g/mol. The van der Waals surface area contributed by atoms with Crippen LogP contribution in [0.2, 0.25) is 0 Å². The van der Waals surface area contributed by atoms with Gasteiger partial charge in [-0.15, -0.1) is 10.2 Å². The van der Waals surface area contributed by atoms with E-state index >= 15 is 0 Å². The van der Waals surface area contributed by atoms with Crippen LogP contribution in [0.25, 0.3) is 22.0 Å². The van der Waals surface area contributed by atoms with Crippen molar-refractivity contribution < 1.29 is 9.59 Å². The maximum absolute atomic E-state index is 13.0. The molecule has 0 bridgehead atoms. The number of carbonyl (C=O) groups is 2. The Morgan fingerprint density at radius 3 is 2.53 bits per heavy atom. The summed E-state index contributed by atoms with van der Waals surface area (Å²) in [6, 6.07) is 13.3. The highest BCUT2D eigenvalue weighted by Gasteiger charge is 2.29. The molecule has 1 saturated carbocycles. The molecule has 3 aromatic rings. The molecule has 1 heterocycles. The minimum atomic E-state index is -0.659. The van der Waals surface area contributed by atoms with Crippen molar-refractivity contribution in [1.29, 1.82) is 0 Å². The lowest BCUT2D eigenvalue weighted by Crippen LogP contribution is -2.25. The molecule has 0 aliphatic heterocycles. The summed E-state index contributed by atoms with van der Waals surface area (Å²) < 4.78 is 0. The predicted molar refractivity (Wildman–Crippen MR) is 117 cm³/mol. The lowest BCUT2D eigenvalue weighted by Gasteiger charge is -2.20. The van der Waals surface area contributed by atoms with Gasteiger partial charge in [-0.05, 0) is 49.4 Å². The molecule has 0 spiro atoms. The van der Waals surface area contributed by atoms with Crippen LogP contribution in [0.4, 0.5) is 5.69 Å². The Hall–Kier alpha value is -3.48. The zero-order valence-electron chi connectivity index (χ0n) is 17.3. The number of benzene rings is 2. The number of anilines is 1. The van der Waals surface area contributed by atoms with Crippen molar-refractivity contribution in [2.75, 3.05) is 19.4 Å². The maximum atomic E-state index is 13.0. The molecular weight excluding hydrogens is 378 g/mol. The fourth-order valence-corrected chi connectivity index (χ4v) is 3.72. The molecule has 0 radical (unpaired) electrons. The first-order valence-corrected chi connectivity index (χ1v) is 10.0. The van der Waals surface area contributed by atoms with Gasteiger partial charge in [0.05, 0.1) is 11.1 Å². The minimum absolute atomic E-state index is 0.0870. The number of nitrogens with one attached hydrogen (secondary N) is 1. The van der Waals surface area contributed by atoms with Crippen molar-refractivity contribution in [2.24, 2.45) is 11.7 Å². The van der Waals surface area contributed by atoms with Crippen molar-refractivity contribution in [3.8, 4) is 11.1 Å². The quantitative estimate of drug-likeness (QED) is 0.658. The highest BCUT2D eigenvalue weighted by Crippen LogP contribution is 2.36. The van der Waals surface area contributed by atoms with E-state index in [-0.39, 0.29) is 17.6 Å². The fraction of sp³-hybridized carbons (Fsp3) is 0.304. The molecule has 1 aliphatic rings. The third kappa shape index (κ3) is 3.70. The third-order valence-corrected chi connectivity index (χ3v) is 5.56. The van der Waals surface area contributed by atoms with Crippen LogP contribution in [0.15, 0.2) is 42.5 Å². The SMILES string of the molecule is C[C@@H](Nc1ccc(-c2c(C(N)=O)nnc3ccccc23)cc1C(=O)N(C)C)C1CC1. The van der Waals surface area contributed by atoms with Crippen LogP contribution < -0.4 is 11.1 Å². The Morgan fingerprint density at radius 1 is 1.13 bits per heavy atom. The molecule has 4 rings (SSSR count). The van der Waals surface area contributed by atoms with Crippen LogP contribution in [-0.2, 0) is 0 Å². The highest BCUT2D eigenvalue weighted by atomic mass is 16.2. The number of primary amides is 1. The van der Waals surface area contributed by atoms with Crippen LogP contribution >= 0.6 is 0 Å². The molecule has 0 unspecified atom stereocenters. The smallest absolute Gasteiger partial charge is 0.269 e. The number of nitrogens with zero attached hydrogens (tertiary/aromatic N) is 3. The van der Waals surface area contributed by atoms with Gasteiger partial charge in [-0.25, -0.2) is 0 Å². The standard InChI is InChI=1S/C23H25N5O2/c1-13(14-8-9-14)25-18-11-10-15(12-17(18)23(30)28(2)3)20-16-6-4-5-7-19(16)26-27-21(20)22(24)29/h4-7,10-14,25H,8-9H2,1-3H3,(H2,24,29)/t13-/m1/s1. The van der Waals surface area contributed by atoms with E-state index in [2.05, 4.69) is 22.4 Å². The average Bonchev–Trinajstić information content (AvgIpc) is 3.58. The molecule has 154 valence electrons. The zero-order chi connectivity index (χ0) is 21.4. The number of fused-ring (bicyclic) bond motifs is 1. The summed E-state index contributed by atoms with van der Waals surface area (Å²) >= 11 is 0. The summed E-state index contributed by atoms with van der Waals surface area (Å²) in [6.07, 6.45) is 2.42. The number of hydrogen-bond acceptors (Lipinski definition) is 5. The summed E-state index contributed by atoms with van der Waals surface area (Å²) in [5.41, 5.74) is 8.95. The van der Waals surface area contributed by atoms with Gasteiger partial charge in [0.2, 0.25) is 0 Å². The summed E-state index contributed by atoms with van der Waals surface area (Å²) in [5, 5.41) is 12.4. The molecule has 1 atom stereocenters. The van der Waals surface area contributed by atoms with Gasteiger partial charge in [0.1, 0.15) is 0 Å². The van der Waals surface area contributed by atoms with E-state index < -0.39 is 5.91 Å². The lowest BCUT2D eigenvalue weighted by atomic mass is 9.96. The van der Waals surface area contributed by atoms with Crippen LogP contribution in [0.3, 0.4) is 0 Å². The fourth-order valence-electron chi connectivity index (χ4n) is 3.72. The van der Waals surface area contributed by atoms with Crippen LogP contribution in [0.1, 0.15) is 40.6 Å². The monoisotopic (exact) mass is 403 g/mol. The number of carbonyl (C=O) groups excluding carboxylic acids is 2. The molecule has 2 amide bonds. The lowest BCUT2D eigenvalue weighted by molar-refractivity contribution is 0.0828. The van der Waals surface area contributed by atoms with E-state index in [1.165, 1.54) is 12.8 Å². The molecular formula is C23H25N5O2. The molecule has 3 N–H and O–H groups in total. The van der Waals surface area contributed by atoms with Gasteiger partial charge in [-0.3, -0.25) is 9.59 Å². The number of amides is 2. The molecule has 2 aromatic carbocycles. The van der Waals surface area contributed by atoms with Gasteiger partial charge in [0.25, 0.3) is 11.8 Å². The van der Waals surface area contributed by atoms with Crippen molar-refractivity contribution in [2.45, 2.75) is 25.8 Å². The molecule has 1 aromatic heterocycles. The minimum Gasteiger partial charge on any atom is -0.382 e. The van der Waals surface area contributed by atoms with Gasteiger partial charge in [-0.1, -0.05) is 24.3 Å². The van der Waals surface area contributed by atoms with E-state index in [4.69, 9.17) is 5.73 Å². The van der Waals surface area contributed by atoms with Crippen molar-refractivity contribution in [1.82, 2.24) is 15.1 Å². The highest BCUT2D eigenvalue weighted by molar-refractivity contribution is 6.08. The van der Waals surface area contributed by atoms with Crippen molar-refractivity contribution >= 4 is 28.4 Å². The Morgan fingerprint density at radius 2 is 1.87 bits per heavy atom. The molecule has 1 fully saturated rings. The van der Waals surface area contributed by atoms with Crippen LogP contribution in [0, 0.1) is 5.92 Å². The molecule has 7 nitrogen and oxygen atoms in total. The van der Waals surface area contributed by atoms with Gasteiger partial charge in [-0.2, -0.15) is 0 Å². The Kier molecular flexibility index (Phi) is 5.11. The van der Waals surface area contributed by atoms with Gasteiger partial charge >= 0.3 is 0 Å². The summed E-state index contributed by atoms with van der Waals surface area (Å²) in [5.74, 6) is -0.135. The van der Waals surface area contributed by atoms with E-state index in [1.54, 1.807) is 25.1 Å².